The summed E-state index contributed by atoms with van der Waals surface area (Å²) in [6.45, 7) is 8.32. The van der Waals surface area contributed by atoms with Crippen LogP contribution < -0.4 is 10.1 Å². The molecule has 1 aliphatic rings. The molecule has 3 rings (SSSR count). The second kappa shape index (κ2) is 9.27. The third kappa shape index (κ3) is 4.76. The van der Waals surface area contributed by atoms with Crippen molar-refractivity contribution in [3.05, 3.63) is 64.2 Å². The van der Waals surface area contributed by atoms with Crippen LogP contribution in [0, 0.1) is 13.8 Å². The van der Waals surface area contributed by atoms with Crippen LogP contribution in [0.1, 0.15) is 73.4 Å². The summed E-state index contributed by atoms with van der Waals surface area (Å²) in [7, 11) is 0. The van der Waals surface area contributed by atoms with Gasteiger partial charge in [-0.1, -0.05) is 38.1 Å². The number of ether oxygens (including phenoxy) is 1. The summed E-state index contributed by atoms with van der Waals surface area (Å²) < 4.78 is 6.10. The lowest BCUT2D eigenvalue weighted by atomic mass is 9.92. The molecule has 0 spiro atoms. The first-order valence-electron chi connectivity index (χ1n) is 10.7. The Morgan fingerprint density at radius 2 is 1.71 bits per heavy atom. The summed E-state index contributed by atoms with van der Waals surface area (Å²) in [5.41, 5.74) is 6.48. The van der Waals surface area contributed by atoms with Crippen LogP contribution in [0.15, 0.2) is 36.4 Å². The first-order valence-corrected chi connectivity index (χ1v) is 10.7. The van der Waals surface area contributed by atoms with Crippen molar-refractivity contribution in [2.45, 2.75) is 78.4 Å². The molecule has 2 atom stereocenters. The molecule has 0 aliphatic heterocycles. The number of aryl methyl sites for hydroxylation is 4. The van der Waals surface area contributed by atoms with Gasteiger partial charge < -0.3 is 10.1 Å². The van der Waals surface area contributed by atoms with E-state index in [0.29, 0.717) is 6.42 Å². The largest absolute Gasteiger partial charge is 0.481 e. The van der Waals surface area contributed by atoms with Crippen LogP contribution >= 0.6 is 0 Å². The van der Waals surface area contributed by atoms with E-state index in [0.717, 1.165) is 30.6 Å². The zero-order valence-electron chi connectivity index (χ0n) is 17.7. The van der Waals surface area contributed by atoms with Gasteiger partial charge in [0.15, 0.2) is 6.10 Å². The molecule has 0 fully saturated rings. The third-order valence-corrected chi connectivity index (χ3v) is 5.92. The molecule has 0 bridgehead atoms. The van der Waals surface area contributed by atoms with Gasteiger partial charge in [-0.25, -0.2) is 0 Å². The fourth-order valence-electron chi connectivity index (χ4n) is 3.94. The van der Waals surface area contributed by atoms with Crippen LogP contribution in [-0.4, -0.2) is 12.0 Å². The number of amides is 1. The number of carbonyl (C=O) groups excluding carboxylic acids is 1. The van der Waals surface area contributed by atoms with Crippen LogP contribution in [0.2, 0.25) is 0 Å². The fourth-order valence-corrected chi connectivity index (χ4v) is 3.94. The van der Waals surface area contributed by atoms with Gasteiger partial charge in [-0.05, 0) is 92.3 Å². The molecule has 150 valence electrons. The molecule has 2 aromatic rings. The smallest absolute Gasteiger partial charge is 0.261 e. The van der Waals surface area contributed by atoms with Crippen molar-refractivity contribution in [3.8, 4) is 5.75 Å². The number of hydrogen-bond acceptors (Lipinski definition) is 2. The number of hydrogen-bond donors (Lipinski definition) is 1. The van der Waals surface area contributed by atoms with Crippen LogP contribution in [0.25, 0.3) is 0 Å². The second-order valence-corrected chi connectivity index (χ2v) is 7.97. The van der Waals surface area contributed by atoms with E-state index >= 15 is 0 Å². The van der Waals surface area contributed by atoms with Crippen LogP contribution in [0.3, 0.4) is 0 Å². The Labute approximate surface area is 169 Å². The van der Waals surface area contributed by atoms with E-state index in [1.165, 1.54) is 35.1 Å². The van der Waals surface area contributed by atoms with Gasteiger partial charge in [-0.15, -0.1) is 0 Å². The van der Waals surface area contributed by atoms with Crippen LogP contribution in [0.5, 0.6) is 5.75 Å². The van der Waals surface area contributed by atoms with Crippen molar-refractivity contribution in [2.24, 2.45) is 0 Å². The molecule has 0 heterocycles. The van der Waals surface area contributed by atoms with Gasteiger partial charge in [0.05, 0.1) is 6.04 Å². The summed E-state index contributed by atoms with van der Waals surface area (Å²) in [5, 5.41) is 3.20. The molecular weight excluding hydrogens is 346 g/mol. The van der Waals surface area contributed by atoms with E-state index in [9.17, 15) is 4.79 Å². The highest BCUT2D eigenvalue weighted by Gasteiger charge is 2.22. The van der Waals surface area contributed by atoms with E-state index in [1.54, 1.807) is 0 Å². The Kier molecular flexibility index (Phi) is 6.77. The molecule has 0 saturated carbocycles. The highest BCUT2D eigenvalue weighted by molar-refractivity contribution is 5.81. The van der Waals surface area contributed by atoms with Gasteiger partial charge in [0.1, 0.15) is 5.75 Å². The molecule has 3 heteroatoms. The van der Waals surface area contributed by atoms with Crippen molar-refractivity contribution < 1.29 is 9.53 Å². The topological polar surface area (TPSA) is 38.3 Å². The van der Waals surface area contributed by atoms with Gasteiger partial charge in [0, 0.05) is 0 Å². The summed E-state index contributed by atoms with van der Waals surface area (Å²) in [5.74, 6) is 0.771. The molecule has 0 saturated heterocycles. The molecule has 0 radical (unpaired) electrons. The monoisotopic (exact) mass is 379 g/mol. The van der Waals surface area contributed by atoms with Gasteiger partial charge in [0.25, 0.3) is 5.91 Å². The van der Waals surface area contributed by atoms with Crippen molar-refractivity contribution in [3.63, 3.8) is 0 Å². The standard InChI is InChI=1S/C25H33NO2/c1-5-23(21-12-11-17(3)18(4)15-21)26-25(27)24(6-2)28-22-14-13-19-9-7-8-10-20(19)16-22/h11-16,23-24H,5-10H2,1-4H3,(H,26,27). The average Bonchev–Trinajstić information content (AvgIpc) is 2.72. The van der Waals surface area contributed by atoms with Gasteiger partial charge in [0.2, 0.25) is 0 Å². The SMILES string of the molecule is CCC(Oc1ccc2c(c1)CCCC2)C(=O)NC(CC)c1ccc(C)c(C)c1. The zero-order chi connectivity index (χ0) is 20.1. The van der Waals surface area contributed by atoms with Gasteiger partial charge >= 0.3 is 0 Å². The Bertz CT molecular complexity index is 827. The minimum Gasteiger partial charge on any atom is -0.481 e. The molecule has 1 amide bonds. The third-order valence-electron chi connectivity index (χ3n) is 5.92. The van der Waals surface area contributed by atoms with E-state index in [1.807, 2.05) is 13.0 Å². The normalized spacial score (nSPS) is 15.4. The summed E-state index contributed by atoms with van der Waals surface area (Å²) >= 11 is 0. The highest BCUT2D eigenvalue weighted by atomic mass is 16.5. The highest BCUT2D eigenvalue weighted by Crippen LogP contribution is 2.26. The van der Waals surface area contributed by atoms with Crippen molar-refractivity contribution in [1.29, 1.82) is 0 Å². The van der Waals surface area contributed by atoms with E-state index in [2.05, 4.69) is 56.4 Å². The minimum atomic E-state index is -0.470. The van der Waals surface area contributed by atoms with Crippen molar-refractivity contribution >= 4 is 5.91 Å². The molecule has 28 heavy (non-hydrogen) atoms. The van der Waals surface area contributed by atoms with Crippen molar-refractivity contribution in [2.75, 3.05) is 0 Å². The quantitative estimate of drug-likeness (QED) is 0.679. The number of carbonyl (C=O) groups is 1. The average molecular weight is 380 g/mol. The van der Waals surface area contributed by atoms with Crippen molar-refractivity contribution in [1.82, 2.24) is 5.32 Å². The maximum Gasteiger partial charge on any atom is 0.261 e. The lowest BCUT2D eigenvalue weighted by Crippen LogP contribution is -2.40. The predicted octanol–water partition coefficient (Wildman–Crippen LogP) is 5.61. The second-order valence-electron chi connectivity index (χ2n) is 7.97. The fraction of sp³-hybridized carbons (Fsp3) is 0.480. The number of fused-ring (bicyclic) bond motifs is 1. The first kappa shape index (κ1) is 20.4. The van der Waals surface area contributed by atoms with E-state index in [4.69, 9.17) is 4.74 Å². The molecule has 1 aliphatic carbocycles. The maximum atomic E-state index is 12.9. The summed E-state index contributed by atoms with van der Waals surface area (Å²) in [6.07, 6.45) is 5.80. The summed E-state index contributed by atoms with van der Waals surface area (Å²) in [4.78, 5) is 12.9. The Morgan fingerprint density at radius 3 is 2.39 bits per heavy atom. The summed E-state index contributed by atoms with van der Waals surface area (Å²) in [6, 6.07) is 12.7. The van der Waals surface area contributed by atoms with Crippen LogP contribution in [0.4, 0.5) is 0 Å². The van der Waals surface area contributed by atoms with Gasteiger partial charge in [-0.2, -0.15) is 0 Å². The van der Waals surface area contributed by atoms with E-state index < -0.39 is 6.10 Å². The molecule has 0 aromatic heterocycles. The number of benzene rings is 2. The zero-order valence-corrected chi connectivity index (χ0v) is 17.7. The lowest BCUT2D eigenvalue weighted by molar-refractivity contribution is -0.128. The van der Waals surface area contributed by atoms with Crippen LogP contribution in [-0.2, 0) is 17.6 Å². The maximum absolute atomic E-state index is 12.9. The molecule has 1 N–H and O–H groups in total. The lowest BCUT2D eigenvalue weighted by Gasteiger charge is -2.24. The molecule has 2 unspecified atom stereocenters. The molecule has 3 nitrogen and oxygen atoms in total. The Hall–Kier alpha value is -2.29. The predicted molar refractivity (Wildman–Crippen MR) is 115 cm³/mol. The Balaban J connectivity index is 1.69. The van der Waals surface area contributed by atoms with E-state index in [-0.39, 0.29) is 11.9 Å². The molecule has 2 aromatic carbocycles. The minimum absolute atomic E-state index is 0.00739. The number of nitrogens with one attached hydrogen (secondary N) is 1. The first-order chi connectivity index (χ1) is 13.5. The number of rotatable bonds is 7. The van der Waals surface area contributed by atoms with Gasteiger partial charge in [-0.3, -0.25) is 4.79 Å². The Morgan fingerprint density at radius 1 is 0.964 bits per heavy atom. The molecular formula is C25H33NO2.